The first kappa shape index (κ1) is 14.4. The Hall–Kier alpha value is -0.680. The van der Waals surface area contributed by atoms with Crippen LogP contribution in [-0.4, -0.2) is 12.1 Å². The van der Waals surface area contributed by atoms with Gasteiger partial charge in [-0.1, -0.05) is 25.5 Å². The Morgan fingerprint density at radius 2 is 1.82 bits per heavy atom. The molecule has 0 atom stereocenters. The number of nitrogens with one attached hydrogen (secondary N) is 1. The third kappa shape index (κ3) is 6.58. The number of hydrogen-bond acceptors (Lipinski definition) is 2. The lowest BCUT2D eigenvalue weighted by molar-refractivity contribution is -0.0328. The zero-order valence-corrected chi connectivity index (χ0v) is 10.5. The van der Waals surface area contributed by atoms with Crippen LogP contribution < -0.4 is 5.32 Å². The topological polar surface area (TPSA) is 12.0 Å². The summed E-state index contributed by atoms with van der Waals surface area (Å²) in [4.78, 5) is 0.231. The Morgan fingerprint density at radius 3 is 2.35 bits per heavy atom. The summed E-state index contributed by atoms with van der Waals surface area (Å²) < 4.78 is 36.2. The van der Waals surface area contributed by atoms with Crippen molar-refractivity contribution in [1.82, 2.24) is 5.32 Å². The average Bonchev–Trinajstić information content (AvgIpc) is 2.25. The maximum absolute atomic E-state index is 12.1. The summed E-state index contributed by atoms with van der Waals surface area (Å²) in [6, 6.07) is 6.48. The zero-order valence-electron chi connectivity index (χ0n) is 9.68. The summed E-state index contributed by atoms with van der Waals surface area (Å²) in [6.45, 7) is 3.76. The first-order chi connectivity index (χ1) is 8.01. The van der Waals surface area contributed by atoms with Gasteiger partial charge in [0, 0.05) is 11.4 Å². The average molecular weight is 263 g/mol. The van der Waals surface area contributed by atoms with E-state index in [-0.39, 0.29) is 16.7 Å². The van der Waals surface area contributed by atoms with Crippen LogP contribution in [0.25, 0.3) is 0 Å². The molecule has 1 aromatic carbocycles. The minimum Gasteiger partial charge on any atom is -0.313 e. The molecule has 96 valence electrons. The molecule has 17 heavy (non-hydrogen) atoms. The van der Waals surface area contributed by atoms with Gasteiger partial charge in [0.15, 0.2) is 0 Å². The van der Waals surface area contributed by atoms with Crippen molar-refractivity contribution in [2.45, 2.75) is 36.7 Å². The Bertz CT molecular complexity index is 322. The first-order valence-electron chi connectivity index (χ1n) is 5.56. The van der Waals surface area contributed by atoms with Gasteiger partial charge >= 0.3 is 5.51 Å². The molecule has 0 heterocycles. The molecule has 0 amide bonds. The van der Waals surface area contributed by atoms with Crippen molar-refractivity contribution in [3.8, 4) is 0 Å². The Labute approximate surface area is 104 Å². The third-order valence-corrected chi connectivity index (χ3v) is 2.93. The molecule has 0 saturated heterocycles. The monoisotopic (exact) mass is 263 g/mol. The Kier molecular flexibility index (Phi) is 5.85. The molecule has 0 aliphatic carbocycles. The molecule has 0 fully saturated rings. The largest absolute Gasteiger partial charge is 0.446 e. The number of benzene rings is 1. The molecule has 1 N–H and O–H groups in total. The Balaban J connectivity index is 2.39. The fourth-order valence-corrected chi connectivity index (χ4v) is 1.88. The predicted molar refractivity (Wildman–Crippen MR) is 65.0 cm³/mol. The molecule has 0 aromatic heterocycles. The highest BCUT2D eigenvalue weighted by Crippen LogP contribution is 2.36. The molecule has 0 aliphatic rings. The lowest BCUT2D eigenvalue weighted by Gasteiger charge is -2.07. The van der Waals surface area contributed by atoms with Crippen LogP contribution in [0.2, 0.25) is 0 Å². The van der Waals surface area contributed by atoms with Crippen molar-refractivity contribution in [1.29, 1.82) is 0 Å². The fraction of sp³-hybridized carbons (Fsp3) is 0.500. The van der Waals surface area contributed by atoms with Crippen LogP contribution in [-0.2, 0) is 6.54 Å². The standard InChI is InChI=1S/C12H16F3NS/c1-2-3-8-16-9-10-4-6-11(7-5-10)17-12(13,14)15/h4-7,16H,2-3,8-9H2,1H3. The van der Waals surface area contributed by atoms with Gasteiger partial charge in [-0.25, -0.2) is 0 Å². The van der Waals surface area contributed by atoms with Crippen LogP contribution in [0.3, 0.4) is 0 Å². The number of halogens is 3. The third-order valence-electron chi connectivity index (χ3n) is 2.19. The molecule has 5 heteroatoms. The smallest absolute Gasteiger partial charge is 0.313 e. The van der Waals surface area contributed by atoms with Gasteiger partial charge in [-0.3, -0.25) is 0 Å². The fourth-order valence-electron chi connectivity index (χ4n) is 1.34. The van der Waals surface area contributed by atoms with E-state index in [9.17, 15) is 13.2 Å². The van der Waals surface area contributed by atoms with Gasteiger partial charge in [-0.2, -0.15) is 13.2 Å². The van der Waals surface area contributed by atoms with Crippen LogP contribution in [0.5, 0.6) is 0 Å². The van der Waals surface area contributed by atoms with E-state index in [0.29, 0.717) is 6.54 Å². The highest BCUT2D eigenvalue weighted by molar-refractivity contribution is 8.00. The summed E-state index contributed by atoms with van der Waals surface area (Å²) in [5.74, 6) is 0. The second-order valence-corrected chi connectivity index (χ2v) is 4.86. The molecule has 0 spiro atoms. The normalized spacial score (nSPS) is 11.8. The molecule has 0 unspecified atom stereocenters. The lowest BCUT2D eigenvalue weighted by Crippen LogP contribution is -2.14. The van der Waals surface area contributed by atoms with Crippen LogP contribution in [0.1, 0.15) is 25.3 Å². The van der Waals surface area contributed by atoms with E-state index >= 15 is 0 Å². The highest BCUT2D eigenvalue weighted by atomic mass is 32.2. The van der Waals surface area contributed by atoms with E-state index in [0.717, 1.165) is 24.9 Å². The van der Waals surface area contributed by atoms with E-state index in [2.05, 4.69) is 12.2 Å². The number of unbranched alkanes of at least 4 members (excludes halogenated alkanes) is 1. The van der Waals surface area contributed by atoms with E-state index in [1.807, 2.05) is 0 Å². The molecular formula is C12H16F3NS. The number of hydrogen-bond donors (Lipinski definition) is 1. The summed E-state index contributed by atoms with van der Waals surface area (Å²) in [5.41, 5.74) is -3.20. The van der Waals surface area contributed by atoms with Crippen molar-refractivity contribution >= 4 is 11.8 Å². The van der Waals surface area contributed by atoms with Gasteiger partial charge in [0.25, 0.3) is 0 Å². The van der Waals surface area contributed by atoms with E-state index in [1.165, 1.54) is 12.1 Å². The number of alkyl halides is 3. The van der Waals surface area contributed by atoms with Gasteiger partial charge < -0.3 is 5.32 Å². The maximum atomic E-state index is 12.1. The SMILES string of the molecule is CCCCNCc1ccc(SC(F)(F)F)cc1. The molecule has 1 rings (SSSR count). The molecule has 0 bridgehead atoms. The minimum atomic E-state index is -4.21. The van der Waals surface area contributed by atoms with E-state index < -0.39 is 5.51 Å². The highest BCUT2D eigenvalue weighted by Gasteiger charge is 2.28. The maximum Gasteiger partial charge on any atom is 0.446 e. The van der Waals surface area contributed by atoms with Crippen LogP contribution in [0, 0.1) is 0 Å². The van der Waals surface area contributed by atoms with Crippen molar-refractivity contribution in [3.63, 3.8) is 0 Å². The minimum absolute atomic E-state index is 0.0790. The van der Waals surface area contributed by atoms with E-state index in [4.69, 9.17) is 0 Å². The van der Waals surface area contributed by atoms with E-state index in [1.54, 1.807) is 12.1 Å². The second kappa shape index (κ2) is 6.91. The second-order valence-electron chi connectivity index (χ2n) is 3.72. The zero-order chi connectivity index (χ0) is 12.7. The quantitative estimate of drug-likeness (QED) is 0.610. The van der Waals surface area contributed by atoms with Gasteiger partial charge in [-0.05, 0) is 42.4 Å². The summed E-state index contributed by atoms with van der Waals surface area (Å²) in [7, 11) is 0. The van der Waals surface area contributed by atoms with Gasteiger partial charge in [0.2, 0.25) is 0 Å². The predicted octanol–water partition coefficient (Wildman–Crippen LogP) is 4.19. The van der Waals surface area contributed by atoms with Gasteiger partial charge in [-0.15, -0.1) is 0 Å². The summed E-state index contributed by atoms with van der Waals surface area (Å²) in [5, 5.41) is 3.24. The van der Waals surface area contributed by atoms with Crippen molar-refractivity contribution < 1.29 is 13.2 Å². The van der Waals surface area contributed by atoms with Crippen LogP contribution >= 0.6 is 11.8 Å². The Morgan fingerprint density at radius 1 is 1.18 bits per heavy atom. The molecule has 0 saturated carbocycles. The number of thioether (sulfide) groups is 1. The van der Waals surface area contributed by atoms with Crippen molar-refractivity contribution in [3.05, 3.63) is 29.8 Å². The number of rotatable bonds is 6. The molecule has 1 aromatic rings. The summed E-state index contributed by atoms with van der Waals surface area (Å²) >= 11 is -0.0790. The van der Waals surface area contributed by atoms with Crippen LogP contribution in [0.4, 0.5) is 13.2 Å². The molecule has 0 radical (unpaired) electrons. The van der Waals surface area contributed by atoms with Gasteiger partial charge in [0.05, 0.1) is 0 Å². The molecule has 1 nitrogen and oxygen atoms in total. The van der Waals surface area contributed by atoms with Crippen molar-refractivity contribution in [2.24, 2.45) is 0 Å². The lowest BCUT2D eigenvalue weighted by atomic mass is 10.2. The molecule has 0 aliphatic heterocycles. The summed E-state index contributed by atoms with van der Waals surface area (Å²) in [6.07, 6.45) is 2.25. The van der Waals surface area contributed by atoms with Crippen LogP contribution in [0.15, 0.2) is 29.2 Å². The first-order valence-corrected chi connectivity index (χ1v) is 6.38. The van der Waals surface area contributed by atoms with Gasteiger partial charge in [0.1, 0.15) is 0 Å². The molecular weight excluding hydrogens is 247 g/mol. The van der Waals surface area contributed by atoms with Crippen molar-refractivity contribution in [2.75, 3.05) is 6.54 Å².